The topological polar surface area (TPSA) is 127 Å². The van der Waals surface area contributed by atoms with Crippen molar-refractivity contribution in [2.24, 2.45) is 10.7 Å². The molecule has 0 aliphatic heterocycles. The molecular formula is C24H23F2N5O2. The number of carbonyl (C=O) groups is 1. The summed E-state index contributed by atoms with van der Waals surface area (Å²) in [4.78, 5) is 20.9. The summed E-state index contributed by atoms with van der Waals surface area (Å²) in [6.07, 6.45) is 4.47. The number of amides is 1. The number of aliphatic hydroxyl groups excluding tert-OH is 1. The highest BCUT2D eigenvalue weighted by Gasteiger charge is 2.19. The summed E-state index contributed by atoms with van der Waals surface area (Å²) in [5, 5.41) is 12.1. The number of benzene rings is 2. The lowest BCUT2D eigenvalue weighted by Gasteiger charge is -2.17. The Kier molecular flexibility index (Phi) is 7.47. The van der Waals surface area contributed by atoms with Crippen LogP contribution in [0.2, 0.25) is 0 Å². The molecule has 0 saturated carbocycles. The fraction of sp³-hybridized carbons (Fsp3) is 0.125. The van der Waals surface area contributed by atoms with Gasteiger partial charge in [0.2, 0.25) is 0 Å². The number of nitrogens with one attached hydrogen (secondary N) is 1. The van der Waals surface area contributed by atoms with Gasteiger partial charge in [-0.1, -0.05) is 18.2 Å². The number of aromatic nitrogens is 1. The molecule has 9 heteroatoms. The number of aliphatic hydroxyl groups is 1. The van der Waals surface area contributed by atoms with Crippen molar-refractivity contribution in [1.29, 1.82) is 0 Å². The van der Waals surface area contributed by atoms with Gasteiger partial charge in [0.05, 0.1) is 23.9 Å². The van der Waals surface area contributed by atoms with Crippen molar-refractivity contribution in [2.45, 2.75) is 6.04 Å². The molecule has 3 rings (SSSR count). The van der Waals surface area contributed by atoms with Crippen molar-refractivity contribution in [2.75, 3.05) is 19.4 Å². The van der Waals surface area contributed by atoms with Gasteiger partial charge in [-0.25, -0.2) is 13.8 Å². The Morgan fingerprint density at radius 3 is 2.67 bits per heavy atom. The number of nitrogens with zero attached hydrogens (tertiary/aromatic N) is 2. The van der Waals surface area contributed by atoms with Gasteiger partial charge in [0.1, 0.15) is 17.5 Å². The van der Waals surface area contributed by atoms with E-state index in [4.69, 9.17) is 11.5 Å². The van der Waals surface area contributed by atoms with Gasteiger partial charge in [0.15, 0.2) is 0 Å². The molecule has 0 aliphatic carbocycles. The zero-order valence-corrected chi connectivity index (χ0v) is 17.8. The van der Waals surface area contributed by atoms with Gasteiger partial charge in [-0.05, 0) is 53.7 Å². The second-order valence-electron chi connectivity index (χ2n) is 7.08. The Morgan fingerprint density at radius 1 is 1.24 bits per heavy atom. The van der Waals surface area contributed by atoms with Crippen molar-refractivity contribution in [3.8, 4) is 11.1 Å². The lowest BCUT2D eigenvalue weighted by atomic mass is 10.0. The van der Waals surface area contributed by atoms with E-state index in [2.05, 4.69) is 15.3 Å². The van der Waals surface area contributed by atoms with Crippen LogP contribution in [0.15, 0.2) is 72.0 Å². The van der Waals surface area contributed by atoms with Crippen molar-refractivity contribution in [1.82, 2.24) is 10.3 Å². The number of nitrogen functional groups attached to an aromatic ring is 1. The molecule has 1 atom stereocenters. The molecule has 7 nitrogen and oxygen atoms in total. The van der Waals surface area contributed by atoms with Crippen LogP contribution in [0, 0.1) is 11.6 Å². The summed E-state index contributed by atoms with van der Waals surface area (Å²) < 4.78 is 28.4. The first kappa shape index (κ1) is 23.6. The molecule has 6 N–H and O–H groups in total. The normalized spacial score (nSPS) is 12.7. The minimum Gasteiger partial charge on any atom is -0.405 e. The summed E-state index contributed by atoms with van der Waals surface area (Å²) in [7, 11) is 1.60. The van der Waals surface area contributed by atoms with E-state index in [1.807, 2.05) is 0 Å². The Hall–Kier alpha value is -4.11. The maximum absolute atomic E-state index is 14.9. The number of halogens is 2. The minimum absolute atomic E-state index is 0.175. The monoisotopic (exact) mass is 451 g/mol. The maximum atomic E-state index is 14.9. The Bertz CT molecular complexity index is 1230. The van der Waals surface area contributed by atoms with Crippen LogP contribution in [0.3, 0.4) is 0 Å². The third-order valence-electron chi connectivity index (χ3n) is 4.97. The molecule has 0 spiro atoms. The van der Waals surface area contributed by atoms with E-state index >= 15 is 0 Å². The Balaban J connectivity index is 1.89. The van der Waals surface area contributed by atoms with Crippen molar-refractivity contribution >= 4 is 17.4 Å². The number of aliphatic imine (C=N–C) groups is 1. The van der Waals surface area contributed by atoms with Crippen LogP contribution in [0.25, 0.3) is 11.1 Å². The number of anilines is 1. The van der Waals surface area contributed by atoms with Crippen molar-refractivity contribution < 1.29 is 18.7 Å². The lowest BCUT2D eigenvalue weighted by molar-refractivity contribution is 0.0912. The zero-order chi connectivity index (χ0) is 24.0. The van der Waals surface area contributed by atoms with Gasteiger partial charge in [-0.2, -0.15) is 0 Å². The number of rotatable bonds is 7. The molecule has 1 amide bonds. The van der Waals surface area contributed by atoms with Crippen LogP contribution < -0.4 is 16.8 Å². The summed E-state index contributed by atoms with van der Waals surface area (Å²) in [6, 6.07) is 10.3. The standard InChI is InChI=1S/C24H23F2N5O2/c1-29-21(7-8-27)16-10-19(23(28)30-12-16)14-5-6-18(20(26)11-14)24(33)31-22(13-32)15-3-2-4-17(25)9-15/h2-12,22,32H,13,27H2,1H3,(H2,28,30)(H,31,33)/t22-/m1/s1. The van der Waals surface area contributed by atoms with E-state index in [1.165, 1.54) is 48.8 Å². The van der Waals surface area contributed by atoms with E-state index in [0.29, 0.717) is 28.0 Å². The van der Waals surface area contributed by atoms with Crippen molar-refractivity contribution in [3.05, 3.63) is 95.3 Å². The number of carbonyl (C=O) groups excluding carboxylic acids is 1. The maximum Gasteiger partial charge on any atom is 0.254 e. The third kappa shape index (κ3) is 5.39. The van der Waals surface area contributed by atoms with Gasteiger partial charge in [-0.3, -0.25) is 9.79 Å². The van der Waals surface area contributed by atoms with Gasteiger partial charge in [0, 0.05) is 24.4 Å². The predicted molar refractivity (Wildman–Crippen MR) is 124 cm³/mol. The van der Waals surface area contributed by atoms with Crippen LogP contribution in [0.1, 0.15) is 27.5 Å². The molecule has 170 valence electrons. The summed E-state index contributed by atoms with van der Waals surface area (Å²) in [5.74, 6) is -1.89. The largest absolute Gasteiger partial charge is 0.405 e. The van der Waals surface area contributed by atoms with Gasteiger partial charge >= 0.3 is 0 Å². The van der Waals surface area contributed by atoms with Crippen LogP contribution in [0.4, 0.5) is 14.6 Å². The van der Waals surface area contributed by atoms with Crippen LogP contribution in [-0.2, 0) is 0 Å². The van der Waals surface area contributed by atoms with Crippen molar-refractivity contribution in [3.63, 3.8) is 0 Å². The number of hydrogen-bond acceptors (Lipinski definition) is 6. The molecule has 3 aromatic rings. The summed E-state index contributed by atoms with van der Waals surface area (Å²) in [5.41, 5.74) is 13.6. The smallest absolute Gasteiger partial charge is 0.254 e. The highest BCUT2D eigenvalue weighted by atomic mass is 19.1. The minimum atomic E-state index is -0.897. The molecule has 2 aromatic carbocycles. The Morgan fingerprint density at radius 2 is 2.03 bits per heavy atom. The molecule has 0 unspecified atom stereocenters. The third-order valence-corrected chi connectivity index (χ3v) is 4.97. The first-order valence-electron chi connectivity index (χ1n) is 9.96. The fourth-order valence-corrected chi connectivity index (χ4v) is 3.30. The molecule has 1 aromatic heterocycles. The summed E-state index contributed by atoms with van der Waals surface area (Å²) >= 11 is 0. The summed E-state index contributed by atoms with van der Waals surface area (Å²) in [6.45, 7) is -0.484. The highest BCUT2D eigenvalue weighted by molar-refractivity contribution is 6.09. The molecule has 0 fully saturated rings. The van der Waals surface area contributed by atoms with E-state index in [0.717, 1.165) is 0 Å². The molecule has 0 aliphatic rings. The number of pyridine rings is 1. The molecule has 33 heavy (non-hydrogen) atoms. The SMILES string of the molecule is CN=C(C=CN)c1cnc(N)c(-c2ccc(C(=O)N[C@H](CO)c3cccc(F)c3)c(F)c2)c1. The average Bonchev–Trinajstić information content (AvgIpc) is 2.81. The van der Waals surface area contributed by atoms with E-state index in [-0.39, 0.29) is 11.4 Å². The number of nitrogens with two attached hydrogens (primary N) is 2. The van der Waals surface area contributed by atoms with Crippen LogP contribution in [-0.4, -0.2) is 35.4 Å². The van der Waals surface area contributed by atoms with Gasteiger partial charge in [-0.15, -0.1) is 0 Å². The quantitative estimate of drug-likeness (QED) is 0.411. The van der Waals surface area contributed by atoms with E-state index < -0.39 is 30.2 Å². The lowest BCUT2D eigenvalue weighted by Crippen LogP contribution is -2.31. The molecule has 0 radical (unpaired) electrons. The molecular weight excluding hydrogens is 428 g/mol. The first-order chi connectivity index (χ1) is 15.9. The number of allylic oxidation sites excluding steroid dienone is 1. The molecule has 1 heterocycles. The fourth-order valence-electron chi connectivity index (χ4n) is 3.30. The Labute approximate surface area is 189 Å². The van der Waals surface area contributed by atoms with Gasteiger partial charge < -0.3 is 21.9 Å². The van der Waals surface area contributed by atoms with E-state index in [9.17, 15) is 18.7 Å². The van der Waals surface area contributed by atoms with Gasteiger partial charge in [0.25, 0.3) is 5.91 Å². The van der Waals surface area contributed by atoms with E-state index in [1.54, 1.807) is 25.3 Å². The average molecular weight is 451 g/mol. The highest BCUT2D eigenvalue weighted by Crippen LogP contribution is 2.28. The van der Waals surface area contributed by atoms with Crippen LogP contribution in [0.5, 0.6) is 0 Å². The first-order valence-corrected chi connectivity index (χ1v) is 9.96. The van der Waals surface area contributed by atoms with Crippen LogP contribution >= 0.6 is 0 Å². The second kappa shape index (κ2) is 10.5. The number of hydrogen-bond donors (Lipinski definition) is 4. The molecule has 0 saturated heterocycles. The zero-order valence-electron chi connectivity index (χ0n) is 17.8. The molecule has 0 bridgehead atoms. The predicted octanol–water partition coefficient (Wildman–Crippen LogP) is 2.96. The second-order valence-corrected chi connectivity index (χ2v) is 7.08.